The van der Waals surface area contributed by atoms with E-state index < -0.39 is 10.0 Å². The van der Waals surface area contributed by atoms with E-state index in [0.29, 0.717) is 24.8 Å². The summed E-state index contributed by atoms with van der Waals surface area (Å²) in [4.78, 5) is 0.266. The zero-order chi connectivity index (χ0) is 15.4. The number of hydrogen-bond donors (Lipinski definition) is 0. The highest BCUT2D eigenvalue weighted by atomic mass is 35.5. The maximum Gasteiger partial charge on any atom is 0.242 e. The van der Waals surface area contributed by atoms with Gasteiger partial charge in [0.1, 0.15) is 12.4 Å². The second-order valence-electron chi connectivity index (χ2n) is 5.83. The molecule has 1 rings (SSSR count). The SMILES string of the molecule is CN(CC(C)(C)C)S(=O)(=O)c1ccc(OCCCl)cc1. The first-order chi connectivity index (χ1) is 9.16. The van der Waals surface area contributed by atoms with Crippen LogP contribution in [0.1, 0.15) is 20.8 Å². The molecule has 0 unspecified atom stereocenters. The first kappa shape index (κ1) is 17.3. The molecule has 0 aliphatic rings. The third-order valence-electron chi connectivity index (χ3n) is 2.57. The first-order valence-corrected chi connectivity index (χ1v) is 8.39. The highest BCUT2D eigenvalue weighted by molar-refractivity contribution is 7.89. The summed E-state index contributed by atoms with van der Waals surface area (Å²) < 4.78 is 31.5. The van der Waals surface area contributed by atoms with E-state index in [9.17, 15) is 8.42 Å². The third-order valence-corrected chi connectivity index (χ3v) is 4.55. The van der Waals surface area contributed by atoms with Crippen molar-refractivity contribution in [1.82, 2.24) is 4.31 Å². The molecule has 1 aromatic rings. The predicted octanol–water partition coefficient (Wildman–Crippen LogP) is 2.97. The van der Waals surface area contributed by atoms with Crippen molar-refractivity contribution in [3.05, 3.63) is 24.3 Å². The Labute approximate surface area is 126 Å². The molecule has 6 heteroatoms. The number of hydrogen-bond acceptors (Lipinski definition) is 3. The van der Waals surface area contributed by atoms with Crippen LogP contribution in [-0.2, 0) is 10.0 Å². The van der Waals surface area contributed by atoms with Gasteiger partial charge in [-0.3, -0.25) is 0 Å². The molecule has 20 heavy (non-hydrogen) atoms. The Bertz CT molecular complexity index is 520. The minimum Gasteiger partial charge on any atom is -0.492 e. The largest absolute Gasteiger partial charge is 0.492 e. The number of ether oxygens (including phenoxy) is 1. The van der Waals surface area contributed by atoms with Crippen LogP contribution >= 0.6 is 11.6 Å². The molecule has 1 aromatic carbocycles. The topological polar surface area (TPSA) is 46.6 Å². The Morgan fingerprint density at radius 3 is 2.20 bits per heavy atom. The van der Waals surface area contributed by atoms with Gasteiger partial charge in [0.25, 0.3) is 0 Å². The smallest absolute Gasteiger partial charge is 0.242 e. The number of sulfonamides is 1. The van der Waals surface area contributed by atoms with Gasteiger partial charge in [-0.15, -0.1) is 11.6 Å². The number of rotatable bonds is 6. The summed E-state index contributed by atoms with van der Waals surface area (Å²) in [5, 5.41) is 0. The van der Waals surface area contributed by atoms with E-state index in [1.165, 1.54) is 4.31 Å². The van der Waals surface area contributed by atoms with Crippen molar-refractivity contribution >= 4 is 21.6 Å². The molecule has 0 spiro atoms. The molecule has 0 aromatic heterocycles. The standard InChI is InChI=1S/C14H22ClNO3S/c1-14(2,3)11-16(4)20(17,18)13-7-5-12(6-8-13)19-10-9-15/h5-8H,9-11H2,1-4H3. The van der Waals surface area contributed by atoms with Gasteiger partial charge in [-0.2, -0.15) is 0 Å². The fraction of sp³-hybridized carbons (Fsp3) is 0.571. The van der Waals surface area contributed by atoms with Crippen LogP contribution in [0.15, 0.2) is 29.2 Å². The lowest BCUT2D eigenvalue weighted by molar-refractivity contribution is 0.310. The Hall–Kier alpha value is -0.780. The van der Waals surface area contributed by atoms with E-state index in [1.54, 1.807) is 31.3 Å². The Morgan fingerprint density at radius 1 is 1.20 bits per heavy atom. The van der Waals surface area contributed by atoms with Gasteiger partial charge in [-0.1, -0.05) is 20.8 Å². The molecular weight excluding hydrogens is 298 g/mol. The van der Waals surface area contributed by atoms with Gasteiger partial charge in [0.15, 0.2) is 0 Å². The summed E-state index contributed by atoms with van der Waals surface area (Å²) in [6.07, 6.45) is 0. The summed E-state index contributed by atoms with van der Waals surface area (Å²) in [6.45, 7) is 6.86. The molecule has 0 fully saturated rings. The van der Waals surface area contributed by atoms with Crippen molar-refractivity contribution < 1.29 is 13.2 Å². The average molecular weight is 320 g/mol. The molecule has 0 radical (unpaired) electrons. The molecule has 0 aliphatic heterocycles. The molecule has 0 amide bonds. The van der Waals surface area contributed by atoms with E-state index in [4.69, 9.17) is 16.3 Å². The summed E-state index contributed by atoms with van der Waals surface area (Å²) >= 11 is 5.53. The minimum absolute atomic E-state index is 0.0920. The summed E-state index contributed by atoms with van der Waals surface area (Å²) in [5.41, 5.74) is -0.0920. The van der Waals surface area contributed by atoms with Crippen LogP contribution in [0.25, 0.3) is 0 Å². The van der Waals surface area contributed by atoms with Crippen LogP contribution in [0.4, 0.5) is 0 Å². The summed E-state index contributed by atoms with van der Waals surface area (Å²) in [5.74, 6) is 1.01. The maximum absolute atomic E-state index is 12.4. The van der Waals surface area contributed by atoms with Crippen molar-refractivity contribution in [2.45, 2.75) is 25.7 Å². The molecule has 0 bridgehead atoms. The van der Waals surface area contributed by atoms with Gasteiger partial charge in [0, 0.05) is 13.6 Å². The lowest BCUT2D eigenvalue weighted by Crippen LogP contribution is -2.34. The zero-order valence-electron chi connectivity index (χ0n) is 12.4. The van der Waals surface area contributed by atoms with E-state index in [1.807, 2.05) is 20.8 Å². The monoisotopic (exact) mass is 319 g/mol. The summed E-state index contributed by atoms with van der Waals surface area (Å²) in [7, 11) is -1.86. The fourth-order valence-electron chi connectivity index (χ4n) is 1.80. The molecule has 0 heterocycles. The number of benzene rings is 1. The van der Waals surface area contributed by atoms with Gasteiger partial charge in [-0.05, 0) is 29.7 Å². The van der Waals surface area contributed by atoms with Crippen LogP contribution in [0.2, 0.25) is 0 Å². The maximum atomic E-state index is 12.4. The van der Waals surface area contributed by atoms with Crippen LogP contribution < -0.4 is 4.74 Å². The van der Waals surface area contributed by atoms with Crippen molar-refractivity contribution in [3.63, 3.8) is 0 Å². The molecule has 0 aliphatic carbocycles. The van der Waals surface area contributed by atoms with Gasteiger partial charge >= 0.3 is 0 Å². The Balaban J connectivity index is 2.87. The molecule has 0 saturated heterocycles. The van der Waals surface area contributed by atoms with Gasteiger partial charge in [-0.25, -0.2) is 12.7 Å². The minimum atomic E-state index is -3.46. The second kappa shape index (κ2) is 6.78. The van der Waals surface area contributed by atoms with Crippen LogP contribution in [-0.4, -0.2) is 38.8 Å². The lowest BCUT2D eigenvalue weighted by Gasteiger charge is -2.26. The van der Waals surface area contributed by atoms with E-state index in [-0.39, 0.29) is 10.3 Å². The highest BCUT2D eigenvalue weighted by Gasteiger charge is 2.25. The fourth-order valence-corrected chi connectivity index (χ4v) is 3.27. The zero-order valence-corrected chi connectivity index (χ0v) is 14.0. The number of nitrogens with zero attached hydrogens (tertiary/aromatic N) is 1. The van der Waals surface area contributed by atoms with E-state index in [0.717, 1.165) is 0 Å². The number of halogens is 1. The third kappa shape index (κ3) is 4.96. The molecular formula is C14H22ClNO3S. The van der Waals surface area contributed by atoms with Crippen molar-refractivity contribution in [2.24, 2.45) is 5.41 Å². The predicted molar refractivity (Wildman–Crippen MR) is 81.9 cm³/mol. The van der Waals surface area contributed by atoms with Crippen LogP contribution in [0.5, 0.6) is 5.75 Å². The second-order valence-corrected chi connectivity index (χ2v) is 8.25. The molecule has 0 saturated carbocycles. The van der Waals surface area contributed by atoms with E-state index >= 15 is 0 Å². The van der Waals surface area contributed by atoms with Crippen molar-refractivity contribution in [2.75, 3.05) is 26.1 Å². The normalized spacial score (nSPS) is 12.7. The average Bonchev–Trinajstić information content (AvgIpc) is 2.34. The molecule has 4 nitrogen and oxygen atoms in total. The van der Waals surface area contributed by atoms with Gasteiger partial charge in [0.2, 0.25) is 10.0 Å². The lowest BCUT2D eigenvalue weighted by atomic mass is 9.97. The van der Waals surface area contributed by atoms with Crippen LogP contribution in [0, 0.1) is 5.41 Å². The van der Waals surface area contributed by atoms with Crippen LogP contribution in [0.3, 0.4) is 0 Å². The molecule has 0 atom stereocenters. The molecule has 114 valence electrons. The van der Waals surface area contributed by atoms with Gasteiger partial charge < -0.3 is 4.74 Å². The Kier molecular flexibility index (Phi) is 5.86. The Morgan fingerprint density at radius 2 is 1.75 bits per heavy atom. The number of alkyl halides is 1. The summed E-state index contributed by atoms with van der Waals surface area (Å²) in [6, 6.07) is 6.39. The van der Waals surface area contributed by atoms with E-state index in [2.05, 4.69) is 0 Å². The quantitative estimate of drug-likeness (QED) is 0.757. The van der Waals surface area contributed by atoms with Gasteiger partial charge in [0.05, 0.1) is 10.8 Å². The van der Waals surface area contributed by atoms with Crippen molar-refractivity contribution in [1.29, 1.82) is 0 Å². The molecule has 0 N–H and O–H groups in total. The van der Waals surface area contributed by atoms with Crippen molar-refractivity contribution in [3.8, 4) is 5.75 Å². The highest BCUT2D eigenvalue weighted by Crippen LogP contribution is 2.22. The first-order valence-electron chi connectivity index (χ1n) is 6.42.